The Hall–Kier alpha value is -6.78. The molecule has 0 fully saturated rings. The Balaban J connectivity index is 1.54. The predicted molar refractivity (Wildman–Crippen MR) is 224 cm³/mol. The third-order valence-corrected chi connectivity index (χ3v) is 19.6. The van der Waals surface area contributed by atoms with Crippen molar-refractivity contribution in [2.75, 3.05) is 0 Å². The van der Waals surface area contributed by atoms with E-state index in [1.165, 1.54) is 13.8 Å². The van der Waals surface area contributed by atoms with E-state index in [9.17, 15) is 9.59 Å². The zero-order valence-corrected chi connectivity index (χ0v) is 33.9. The van der Waals surface area contributed by atoms with Gasteiger partial charge in [-0.05, 0) is 0 Å². The van der Waals surface area contributed by atoms with Gasteiger partial charge in [-0.3, -0.25) is 0 Å². The second-order valence-corrected chi connectivity index (χ2v) is 20.9. The number of allylic oxidation sites excluding steroid dienone is 4. The van der Waals surface area contributed by atoms with E-state index in [2.05, 4.69) is 5.58 Å². The van der Waals surface area contributed by atoms with Crippen molar-refractivity contribution in [1.82, 2.24) is 5.58 Å². The molecule has 9 heteroatoms. The molecule has 0 amide bonds. The van der Waals surface area contributed by atoms with Crippen LogP contribution in [0.2, 0.25) is 0 Å². The SMILES string of the molecule is CC(=O)[O][Sn]1([O]C(C)=O)[n]2c3ccc2C(c2ccccc2)=C2C=CC(=N2)C(c2ccccc2)=c2ccc([n]21)=C(c1ccccc1)C1=NC(=C3c2ccccc2)C=C1. The van der Waals surface area contributed by atoms with Crippen molar-refractivity contribution < 1.29 is 15.7 Å². The summed E-state index contributed by atoms with van der Waals surface area (Å²) in [7, 11) is 0. The third-order valence-electron chi connectivity index (χ3n) is 10.5. The van der Waals surface area contributed by atoms with Gasteiger partial charge in [0.25, 0.3) is 0 Å². The maximum atomic E-state index is 14.0. The molecular weight excluding hydrogens is 815 g/mol. The van der Waals surface area contributed by atoms with Crippen LogP contribution in [-0.2, 0) is 15.7 Å². The molecule has 0 aliphatic carbocycles. The Labute approximate surface area is 334 Å². The van der Waals surface area contributed by atoms with Gasteiger partial charge in [0.15, 0.2) is 0 Å². The van der Waals surface area contributed by atoms with Gasteiger partial charge in [-0.2, -0.15) is 0 Å². The van der Waals surface area contributed by atoms with Crippen LogP contribution < -0.4 is 10.7 Å². The van der Waals surface area contributed by atoms with Gasteiger partial charge < -0.3 is 0 Å². The van der Waals surface area contributed by atoms with Crippen molar-refractivity contribution in [2.45, 2.75) is 13.8 Å². The van der Waals surface area contributed by atoms with E-state index >= 15 is 0 Å². The van der Waals surface area contributed by atoms with Gasteiger partial charge in [0.1, 0.15) is 0 Å². The van der Waals surface area contributed by atoms with E-state index in [0.29, 0.717) is 22.1 Å². The fraction of sp³-hybridized carbons (Fsp3) is 0.0417. The van der Waals surface area contributed by atoms with Crippen LogP contribution in [0.1, 0.15) is 47.5 Å². The summed E-state index contributed by atoms with van der Waals surface area (Å²) in [5.41, 5.74) is 11.0. The van der Waals surface area contributed by atoms with Crippen molar-refractivity contribution in [1.29, 1.82) is 0 Å². The van der Waals surface area contributed by atoms with Crippen molar-refractivity contribution in [3.63, 3.8) is 0 Å². The van der Waals surface area contributed by atoms with Crippen LogP contribution in [0.25, 0.3) is 22.3 Å². The number of rotatable bonds is 6. The minimum atomic E-state index is -5.94. The summed E-state index contributed by atoms with van der Waals surface area (Å²) in [4.78, 5) is 38.8. The van der Waals surface area contributed by atoms with E-state index in [-0.39, 0.29) is 0 Å². The van der Waals surface area contributed by atoms with Gasteiger partial charge in [0, 0.05) is 0 Å². The molecule has 0 N–H and O–H groups in total. The molecule has 0 spiro atoms. The minimum absolute atomic E-state index is 0.570. The molecule has 0 saturated heterocycles. The number of fused-ring (bicyclic) bond motifs is 2. The monoisotopic (exact) mass is 850 g/mol. The summed E-state index contributed by atoms with van der Waals surface area (Å²) >= 11 is -5.94. The van der Waals surface area contributed by atoms with E-state index in [4.69, 9.17) is 16.1 Å². The molecule has 8 nitrogen and oxygen atoms in total. The summed E-state index contributed by atoms with van der Waals surface area (Å²) in [6.07, 6.45) is 8.16. The number of benzene rings is 4. The second kappa shape index (κ2) is 13.8. The molecule has 10 rings (SSSR count). The first-order chi connectivity index (χ1) is 27.9. The van der Waals surface area contributed by atoms with Crippen molar-refractivity contribution >= 4 is 65.4 Å². The van der Waals surface area contributed by atoms with Crippen LogP contribution in [0.3, 0.4) is 0 Å². The van der Waals surface area contributed by atoms with Crippen LogP contribution in [0.15, 0.2) is 191 Å². The molecule has 6 heterocycles. The van der Waals surface area contributed by atoms with Gasteiger partial charge in [0.05, 0.1) is 0 Å². The topological polar surface area (TPSA) is 87.2 Å². The molecule has 6 bridgehead atoms. The first kappa shape index (κ1) is 34.7. The number of aliphatic imine (C=N–C) groups is 2. The Morgan fingerprint density at radius 3 is 1.14 bits per heavy atom. The summed E-state index contributed by atoms with van der Waals surface area (Å²) < 4.78 is 18.0. The molecule has 274 valence electrons. The van der Waals surface area contributed by atoms with Crippen molar-refractivity contribution in [3.05, 3.63) is 226 Å². The summed E-state index contributed by atoms with van der Waals surface area (Å²) in [5.74, 6) is -1.14. The van der Waals surface area contributed by atoms with E-state index in [1.807, 2.05) is 170 Å². The fourth-order valence-corrected chi connectivity index (χ4v) is 17.8. The first-order valence-corrected chi connectivity index (χ1v) is 23.6. The molecule has 4 aromatic carbocycles. The molecule has 4 aliphatic heterocycles. The van der Waals surface area contributed by atoms with Crippen LogP contribution in [0.5, 0.6) is 0 Å². The van der Waals surface area contributed by atoms with Gasteiger partial charge in [0.2, 0.25) is 0 Å². The Kier molecular flexibility index (Phi) is 8.37. The molecule has 6 aromatic rings. The molecule has 0 atom stereocenters. The van der Waals surface area contributed by atoms with Crippen LogP contribution >= 0.6 is 0 Å². The fourth-order valence-electron chi connectivity index (χ4n) is 8.35. The molecule has 0 radical (unpaired) electrons. The van der Waals surface area contributed by atoms with Crippen molar-refractivity contribution in [2.24, 2.45) is 9.98 Å². The summed E-state index contributed by atoms with van der Waals surface area (Å²) in [5, 5.41) is 1.38. The molecule has 57 heavy (non-hydrogen) atoms. The zero-order valence-electron chi connectivity index (χ0n) is 31.1. The molecule has 0 unspecified atom stereocenters. The number of carbonyl (C=O) groups excluding carboxylic acids is 2. The first-order valence-electron chi connectivity index (χ1n) is 18.7. The number of nitrogens with zero attached hydrogens (tertiary/aromatic N) is 4. The van der Waals surface area contributed by atoms with Crippen LogP contribution in [-0.4, -0.2) is 48.7 Å². The van der Waals surface area contributed by atoms with Gasteiger partial charge in [-0.1, -0.05) is 0 Å². The van der Waals surface area contributed by atoms with Crippen LogP contribution in [0, 0.1) is 0 Å². The number of aromatic nitrogens is 2. The quantitative estimate of drug-likeness (QED) is 0.166. The third kappa shape index (κ3) is 5.66. The van der Waals surface area contributed by atoms with Gasteiger partial charge >= 0.3 is 336 Å². The van der Waals surface area contributed by atoms with Gasteiger partial charge in [-0.15, -0.1) is 0 Å². The van der Waals surface area contributed by atoms with E-state index < -0.39 is 31.7 Å². The standard InChI is InChI=1S/C44H28N4.2C2H4O2.Sn/c1-5-13-29(14-6-1)41-33-21-23-35(45-33)42(30-15-7-2-8-16-30)37-25-27-39(47-37)44(32-19-11-4-12-20-32)40-28-26-38(48-40)43(31-17-9-3-10-18-31)36-24-22-34(41)46-36;2*1-2(3)4;/h1-28H;2*1H3,(H,3,4);/q-2;;;+4/p-2. The summed E-state index contributed by atoms with van der Waals surface area (Å²) in [6.45, 7) is 2.78. The molecule has 0 saturated carbocycles. The molecule has 2 aromatic heterocycles. The number of hydrogen-bond donors (Lipinski definition) is 0. The zero-order chi connectivity index (χ0) is 38.7. The predicted octanol–water partition coefficient (Wildman–Crippen LogP) is 7.21. The number of carbonyl (C=O) groups is 2. The molecular formula is C48H34N4O4Sn. The van der Waals surface area contributed by atoms with Crippen molar-refractivity contribution in [3.8, 4) is 0 Å². The Morgan fingerprint density at radius 2 is 0.789 bits per heavy atom. The Morgan fingerprint density at radius 1 is 0.439 bits per heavy atom. The molecule has 4 aliphatic rings. The van der Waals surface area contributed by atoms with Crippen LogP contribution in [0.4, 0.5) is 0 Å². The van der Waals surface area contributed by atoms with E-state index in [0.717, 1.165) is 67.4 Å². The van der Waals surface area contributed by atoms with E-state index in [1.54, 1.807) is 0 Å². The summed E-state index contributed by atoms with van der Waals surface area (Å²) in [6, 6.07) is 48.4. The normalized spacial score (nSPS) is 16.0. The Bertz CT molecular complexity index is 2790. The average Bonchev–Trinajstić information content (AvgIpc) is 4.06. The number of hydrogen-bond acceptors (Lipinski definition) is 6. The second-order valence-electron chi connectivity index (χ2n) is 14.0. The maximum absolute atomic E-state index is 14.0. The average molecular weight is 850 g/mol. The van der Waals surface area contributed by atoms with Gasteiger partial charge in [-0.25, -0.2) is 0 Å².